The first kappa shape index (κ1) is 12.7. The predicted octanol–water partition coefficient (Wildman–Crippen LogP) is 3.90. The van der Waals surface area contributed by atoms with Crippen LogP contribution in [0.4, 0.5) is 13.2 Å². The molecule has 1 aromatic rings. The Bertz CT molecular complexity index is 470. The smallest absolute Gasteiger partial charge is 0.417 e. The summed E-state index contributed by atoms with van der Waals surface area (Å²) >= 11 is 0. The summed E-state index contributed by atoms with van der Waals surface area (Å²) in [5, 5.41) is 8.67. The predicted molar refractivity (Wildman–Crippen MR) is 59.0 cm³/mol. The van der Waals surface area contributed by atoms with Gasteiger partial charge in [0.1, 0.15) is 5.75 Å². The molecular formula is C13H12F3NO. The van der Waals surface area contributed by atoms with E-state index >= 15 is 0 Å². The van der Waals surface area contributed by atoms with Crippen LogP contribution in [0.1, 0.15) is 36.8 Å². The van der Waals surface area contributed by atoms with Crippen LogP contribution in [0.3, 0.4) is 0 Å². The molecule has 5 heteroatoms. The molecule has 2 rings (SSSR count). The van der Waals surface area contributed by atoms with E-state index in [4.69, 9.17) is 10.00 Å². The minimum absolute atomic E-state index is 0.000908. The fourth-order valence-electron chi connectivity index (χ4n) is 2.13. The average Bonchev–Trinajstić information content (AvgIpc) is 2.80. The Balaban J connectivity index is 2.25. The van der Waals surface area contributed by atoms with Crippen LogP contribution in [0, 0.1) is 11.3 Å². The lowest BCUT2D eigenvalue weighted by Crippen LogP contribution is -2.13. The van der Waals surface area contributed by atoms with Gasteiger partial charge in [0, 0.05) is 0 Å². The lowest BCUT2D eigenvalue weighted by Gasteiger charge is -2.15. The van der Waals surface area contributed by atoms with Crippen molar-refractivity contribution in [2.75, 3.05) is 0 Å². The van der Waals surface area contributed by atoms with E-state index in [0.29, 0.717) is 0 Å². The van der Waals surface area contributed by atoms with Crippen molar-refractivity contribution in [3.63, 3.8) is 0 Å². The highest BCUT2D eigenvalue weighted by Gasteiger charge is 2.34. The van der Waals surface area contributed by atoms with Crippen molar-refractivity contribution >= 4 is 0 Å². The Morgan fingerprint density at radius 2 is 1.89 bits per heavy atom. The summed E-state index contributed by atoms with van der Waals surface area (Å²) in [5.74, 6) is 0.188. The van der Waals surface area contributed by atoms with Gasteiger partial charge in [-0.05, 0) is 43.9 Å². The number of hydrogen-bond donors (Lipinski definition) is 0. The third-order valence-electron chi connectivity index (χ3n) is 3.02. The normalized spacial score (nSPS) is 16.6. The zero-order chi connectivity index (χ0) is 13.2. The topological polar surface area (TPSA) is 33.0 Å². The molecule has 2 nitrogen and oxygen atoms in total. The van der Waals surface area contributed by atoms with Crippen LogP contribution < -0.4 is 4.74 Å². The second-order valence-electron chi connectivity index (χ2n) is 4.34. The molecular weight excluding hydrogens is 243 g/mol. The van der Waals surface area contributed by atoms with Gasteiger partial charge in [0.05, 0.1) is 23.3 Å². The highest BCUT2D eigenvalue weighted by molar-refractivity contribution is 5.44. The van der Waals surface area contributed by atoms with E-state index in [-0.39, 0.29) is 17.4 Å². The molecule has 1 aliphatic carbocycles. The van der Waals surface area contributed by atoms with Crippen LogP contribution in [0.5, 0.6) is 5.75 Å². The number of nitriles is 1. The van der Waals surface area contributed by atoms with Gasteiger partial charge in [-0.25, -0.2) is 0 Å². The van der Waals surface area contributed by atoms with E-state index in [0.717, 1.165) is 37.8 Å². The Labute approximate surface area is 103 Å². The molecule has 0 heterocycles. The Morgan fingerprint density at radius 3 is 2.44 bits per heavy atom. The molecule has 0 atom stereocenters. The summed E-state index contributed by atoms with van der Waals surface area (Å²) in [4.78, 5) is 0. The number of hydrogen-bond acceptors (Lipinski definition) is 2. The van der Waals surface area contributed by atoms with Crippen molar-refractivity contribution in [1.29, 1.82) is 5.26 Å². The molecule has 0 bridgehead atoms. The zero-order valence-electron chi connectivity index (χ0n) is 9.63. The van der Waals surface area contributed by atoms with E-state index in [1.165, 1.54) is 6.07 Å². The fourth-order valence-corrected chi connectivity index (χ4v) is 2.13. The Morgan fingerprint density at radius 1 is 1.22 bits per heavy atom. The first-order valence-corrected chi connectivity index (χ1v) is 5.78. The molecule has 0 N–H and O–H groups in total. The van der Waals surface area contributed by atoms with Gasteiger partial charge in [-0.3, -0.25) is 0 Å². The second-order valence-corrected chi connectivity index (χ2v) is 4.34. The molecule has 0 aromatic heterocycles. The molecule has 0 unspecified atom stereocenters. The van der Waals surface area contributed by atoms with Crippen LogP contribution in [0.25, 0.3) is 0 Å². The lowest BCUT2D eigenvalue weighted by atomic mass is 10.1. The van der Waals surface area contributed by atoms with Crippen molar-refractivity contribution in [2.45, 2.75) is 38.0 Å². The average molecular weight is 255 g/mol. The van der Waals surface area contributed by atoms with E-state index in [1.54, 1.807) is 6.07 Å². The zero-order valence-corrected chi connectivity index (χ0v) is 9.63. The van der Waals surface area contributed by atoms with Crippen LogP contribution in [0.2, 0.25) is 0 Å². The summed E-state index contributed by atoms with van der Waals surface area (Å²) < 4.78 is 43.7. The molecule has 0 radical (unpaired) electrons. The molecule has 0 aliphatic heterocycles. The number of alkyl halides is 3. The maximum Gasteiger partial charge on any atom is 0.417 e. The van der Waals surface area contributed by atoms with Gasteiger partial charge in [0.25, 0.3) is 0 Å². The summed E-state index contributed by atoms with van der Waals surface area (Å²) in [6.45, 7) is 0. The highest BCUT2D eigenvalue weighted by atomic mass is 19.4. The van der Waals surface area contributed by atoms with E-state index in [2.05, 4.69) is 0 Å². The Kier molecular flexibility index (Phi) is 3.46. The number of benzene rings is 1. The summed E-state index contributed by atoms with van der Waals surface area (Å²) in [6.07, 6.45) is -0.679. The molecule has 1 aliphatic rings. The van der Waals surface area contributed by atoms with Crippen molar-refractivity contribution in [3.05, 3.63) is 29.3 Å². The minimum Gasteiger partial charge on any atom is -0.490 e. The summed E-state index contributed by atoms with van der Waals surface area (Å²) in [7, 11) is 0. The van der Waals surface area contributed by atoms with Crippen molar-refractivity contribution in [3.8, 4) is 11.8 Å². The van der Waals surface area contributed by atoms with E-state index < -0.39 is 11.7 Å². The number of rotatable bonds is 2. The van der Waals surface area contributed by atoms with Gasteiger partial charge < -0.3 is 4.74 Å². The maximum absolute atomic E-state index is 12.7. The van der Waals surface area contributed by atoms with Gasteiger partial charge in [-0.2, -0.15) is 18.4 Å². The van der Waals surface area contributed by atoms with Crippen LogP contribution in [-0.4, -0.2) is 6.10 Å². The van der Waals surface area contributed by atoms with Crippen molar-refractivity contribution < 1.29 is 17.9 Å². The first-order valence-electron chi connectivity index (χ1n) is 5.78. The Hall–Kier alpha value is -1.70. The van der Waals surface area contributed by atoms with Crippen LogP contribution in [0.15, 0.2) is 18.2 Å². The molecule has 18 heavy (non-hydrogen) atoms. The number of halogens is 3. The standard InChI is InChI=1S/C13H12F3NO/c14-13(15,16)12-7-11(6-5-9(12)8-17)18-10-3-1-2-4-10/h5-7,10H,1-4H2. The van der Waals surface area contributed by atoms with E-state index in [9.17, 15) is 13.2 Å². The third-order valence-corrected chi connectivity index (χ3v) is 3.02. The quantitative estimate of drug-likeness (QED) is 0.803. The van der Waals surface area contributed by atoms with Crippen LogP contribution >= 0.6 is 0 Å². The maximum atomic E-state index is 12.7. The van der Waals surface area contributed by atoms with Crippen molar-refractivity contribution in [2.24, 2.45) is 0 Å². The van der Waals surface area contributed by atoms with E-state index in [1.807, 2.05) is 0 Å². The molecule has 1 fully saturated rings. The number of ether oxygens (including phenoxy) is 1. The first-order chi connectivity index (χ1) is 8.50. The third kappa shape index (κ3) is 2.76. The van der Waals surface area contributed by atoms with Gasteiger partial charge in [-0.1, -0.05) is 0 Å². The molecule has 1 saturated carbocycles. The molecule has 0 spiro atoms. The number of nitrogens with zero attached hydrogens (tertiary/aromatic N) is 1. The lowest BCUT2D eigenvalue weighted by molar-refractivity contribution is -0.137. The van der Waals surface area contributed by atoms with Gasteiger partial charge in [0.15, 0.2) is 0 Å². The summed E-state index contributed by atoms with van der Waals surface area (Å²) in [5.41, 5.74) is -1.30. The fraction of sp³-hybridized carbons (Fsp3) is 0.462. The molecule has 0 saturated heterocycles. The molecule has 1 aromatic carbocycles. The van der Waals surface area contributed by atoms with Gasteiger partial charge in [-0.15, -0.1) is 0 Å². The van der Waals surface area contributed by atoms with Gasteiger partial charge >= 0.3 is 6.18 Å². The SMILES string of the molecule is N#Cc1ccc(OC2CCCC2)cc1C(F)(F)F. The molecule has 0 amide bonds. The van der Waals surface area contributed by atoms with Gasteiger partial charge in [0.2, 0.25) is 0 Å². The minimum atomic E-state index is -4.53. The second kappa shape index (κ2) is 4.89. The van der Waals surface area contributed by atoms with Crippen molar-refractivity contribution in [1.82, 2.24) is 0 Å². The largest absolute Gasteiger partial charge is 0.490 e. The monoisotopic (exact) mass is 255 g/mol. The highest BCUT2D eigenvalue weighted by Crippen LogP contribution is 2.35. The van der Waals surface area contributed by atoms with Crippen LogP contribution in [-0.2, 0) is 6.18 Å². The summed E-state index contributed by atoms with van der Waals surface area (Å²) in [6, 6.07) is 5.04. The molecule has 96 valence electrons.